The zero-order valence-electron chi connectivity index (χ0n) is 23.5. The van der Waals surface area contributed by atoms with E-state index in [-0.39, 0.29) is 30.3 Å². The molecule has 230 valence electrons. The Morgan fingerprint density at radius 2 is 1.37 bits per heavy atom. The Morgan fingerprint density at radius 1 is 0.829 bits per heavy atom. The Morgan fingerprint density at radius 3 is 1.88 bits per heavy atom. The predicted octanol–water partition coefficient (Wildman–Crippen LogP) is -0.385. The summed E-state index contributed by atoms with van der Waals surface area (Å²) in [6, 6.07) is 3.87. The van der Waals surface area contributed by atoms with Gasteiger partial charge in [-0.25, -0.2) is 4.79 Å². The first-order valence-corrected chi connectivity index (χ1v) is 14.9. The fourth-order valence-electron chi connectivity index (χ4n) is 3.87. The molecule has 1 aromatic carbocycles. The van der Waals surface area contributed by atoms with E-state index in [1.54, 1.807) is 6.92 Å². The van der Waals surface area contributed by atoms with Crippen molar-refractivity contribution in [3.63, 3.8) is 0 Å². The molecule has 0 saturated carbocycles. The highest BCUT2D eigenvalue weighted by atomic mass is 32.1. The molecule has 12 nitrogen and oxygen atoms in total. The number of hydrogen-bond donors (Lipinski definition) is 9. The summed E-state index contributed by atoms with van der Waals surface area (Å²) in [7, 11) is 0. The lowest BCUT2D eigenvalue weighted by Crippen LogP contribution is -2.60. The van der Waals surface area contributed by atoms with E-state index in [9.17, 15) is 29.1 Å². The average Bonchev–Trinajstić information content (AvgIpc) is 2.96. The molecule has 0 aliphatic carbocycles. The van der Waals surface area contributed by atoms with Gasteiger partial charge in [-0.15, -0.1) is 0 Å². The molecule has 14 heteroatoms. The van der Waals surface area contributed by atoms with Crippen molar-refractivity contribution in [1.29, 1.82) is 0 Å². The second-order valence-corrected chi connectivity index (χ2v) is 10.6. The van der Waals surface area contributed by atoms with Crippen molar-refractivity contribution in [3.05, 3.63) is 35.9 Å². The number of aliphatic carboxylic acids is 1. The van der Waals surface area contributed by atoms with Gasteiger partial charge in [0.05, 0.1) is 6.04 Å². The average molecular weight is 613 g/mol. The number of nitrogens with two attached hydrogens (primary N) is 2. The molecule has 0 bridgehead atoms. The molecule has 0 aromatic heterocycles. The highest BCUT2D eigenvalue weighted by molar-refractivity contribution is 7.80. The number of carboxylic acids is 1. The third kappa shape index (κ3) is 12.7. The number of benzene rings is 1. The van der Waals surface area contributed by atoms with Gasteiger partial charge < -0.3 is 37.8 Å². The van der Waals surface area contributed by atoms with Crippen molar-refractivity contribution in [1.82, 2.24) is 21.3 Å². The van der Waals surface area contributed by atoms with E-state index in [0.29, 0.717) is 25.8 Å². The van der Waals surface area contributed by atoms with Gasteiger partial charge in [0, 0.05) is 11.5 Å². The van der Waals surface area contributed by atoms with Crippen LogP contribution in [-0.4, -0.2) is 83.0 Å². The van der Waals surface area contributed by atoms with Crippen LogP contribution in [0.1, 0.15) is 45.1 Å². The largest absolute Gasteiger partial charge is 0.480 e. The standard InChI is InChI=1S/C27H44N6O6S2/c1-3-16(2)22(26(37)32-20(14-40)24(35)30-19(27(38)39)11-7-8-12-28)33-25(36)21(15-41)31-23(34)18(29)13-17-9-5-4-6-10-17/h4-6,9-10,16,18-22,40-41H,3,7-8,11-15,28-29H2,1-2H3,(H,30,35)(H,31,34)(H,32,37)(H,33,36)(H,38,39). The summed E-state index contributed by atoms with van der Waals surface area (Å²) in [5, 5.41) is 19.7. The van der Waals surface area contributed by atoms with Crippen LogP contribution < -0.4 is 32.7 Å². The van der Waals surface area contributed by atoms with Crippen LogP contribution in [-0.2, 0) is 30.4 Å². The van der Waals surface area contributed by atoms with E-state index < -0.39 is 59.8 Å². The Balaban J connectivity index is 2.88. The second-order valence-electron chi connectivity index (χ2n) is 9.84. The van der Waals surface area contributed by atoms with Gasteiger partial charge in [0.25, 0.3) is 0 Å². The maximum atomic E-state index is 13.2. The smallest absolute Gasteiger partial charge is 0.326 e. The number of thiol groups is 2. The summed E-state index contributed by atoms with van der Waals surface area (Å²) in [5.41, 5.74) is 12.4. The normalized spacial score (nSPS) is 15.4. The zero-order valence-corrected chi connectivity index (χ0v) is 25.3. The van der Waals surface area contributed by atoms with E-state index in [4.69, 9.17) is 11.5 Å². The Hall–Kier alpha value is -2.81. The van der Waals surface area contributed by atoms with Crippen molar-refractivity contribution in [2.45, 2.75) is 76.2 Å². The highest BCUT2D eigenvalue weighted by Crippen LogP contribution is 2.10. The van der Waals surface area contributed by atoms with Crippen LogP contribution in [0.5, 0.6) is 0 Å². The highest BCUT2D eigenvalue weighted by Gasteiger charge is 2.33. The van der Waals surface area contributed by atoms with Crippen molar-refractivity contribution in [3.8, 4) is 0 Å². The number of nitrogens with one attached hydrogen (secondary N) is 4. The number of carbonyl (C=O) groups is 5. The second kappa shape index (κ2) is 19.3. The molecule has 0 saturated heterocycles. The SMILES string of the molecule is CCC(C)C(NC(=O)C(CS)NC(=O)C(N)Cc1ccccc1)C(=O)NC(CS)C(=O)NC(CCCCN)C(=O)O. The Bertz CT molecular complexity index is 1000. The molecule has 0 fully saturated rings. The first-order chi connectivity index (χ1) is 19.5. The van der Waals surface area contributed by atoms with Crippen LogP contribution in [0.2, 0.25) is 0 Å². The van der Waals surface area contributed by atoms with Gasteiger partial charge in [-0.1, -0.05) is 50.6 Å². The Labute approximate surface area is 252 Å². The molecule has 1 aromatic rings. The van der Waals surface area contributed by atoms with Gasteiger partial charge in [-0.2, -0.15) is 25.3 Å². The van der Waals surface area contributed by atoms with Gasteiger partial charge in [0.1, 0.15) is 24.2 Å². The van der Waals surface area contributed by atoms with Crippen LogP contribution in [0.15, 0.2) is 30.3 Å². The van der Waals surface area contributed by atoms with Crippen LogP contribution in [0, 0.1) is 5.92 Å². The minimum absolute atomic E-state index is 0.0487. The van der Waals surface area contributed by atoms with Crippen molar-refractivity contribution in [2.24, 2.45) is 17.4 Å². The van der Waals surface area contributed by atoms with E-state index in [2.05, 4.69) is 46.5 Å². The summed E-state index contributed by atoms with van der Waals surface area (Å²) < 4.78 is 0. The molecule has 6 unspecified atom stereocenters. The van der Waals surface area contributed by atoms with Crippen molar-refractivity contribution in [2.75, 3.05) is 18.1 Å². The lowest BCUT2D eigenvalue weighted by molar-refractivity contribution is -0.142. The number of hydrogen-bond acceptors (Lipinski definition) is 9. The summed E-state index contributed by atoms with van der Waals surface area (Å²) in [6.45, 7) is 3.98. The first kappa shape index (κ1) is 36.2. The number of carboxylic acid groups (broad SMARTS) is 1. The molecular weight excluding hydrogens is 568 g/mol. The van der Waals surface area contributed by atoms with E-state index in [1.165, 1.54) is 0 Å². The predicted molar refractivity (Wildman–Crippen MR) is 164 cm³/mol. The summed E-state index contributed by atoms with van der Waals surface area (Å²) >= 11 is 8.33. The maximum absolute atomic E-state index is 13.2. The molecule has 4 amide bonds. The lowest BCUT2D eigenvalue weighted by Gasteiger charge is -2.28. The van der Waals surface area contributed by atoms with Gasteiger partial charge in [0.2, 0.25) is 23.6 Å². The molecule has 9 N–H and O–H groups in total. The van der Waals surface area contributed by atoms with Gasteiger partial charge in [-0.3, -0.25) is 19.2 Å². The lowest BCUT2D eigenvalue weighted by atomic mass is 9.97. The number of amides is 4. The van der Waals surface area contributed by atoms with Crippen LogP contribution in [0.3, 0.4) is 0 Å². The molecule has 0 heterocycles. The van der Waals surface area contributed by atoms with E-state index >= 15 is 0 Å². The van der Waals surface area contributed by atoms with E-state index in [0.717, 1.165) is 5.56 Å². The molecule has 6 atom stereocenters. The minimum atomic E-state index is -1.20. The monoisotopic (exact) mass is 612 g/mol. The van der Waals surface area contributed by atoms with Gasteiger partial charge in [-0.05, 0) is 43.7 Å². The molecule has 0 aliphatic rings. The molecule has 1 rings (SSSR count). The van der Waals surface area contributed by atoms with Crippen molar-refractivity contribution < 1.29 is 29.1 Å². The third-order valence-corrected chi connectivity index (χ3v) is 7.35. The molecule has 0 radical (unpaired) electrons. The topological polar surface area (TPSA) is 206 Å². The van der Waals surface area contributed by atoms with Crippen molar-refractivity contribution >= 4 is 54.9 Å². The summed E-state index contributed by atoms with van der Waals surface area (Å²) in [6.07, 6.45) is 2.08. The number of rotatable bonds is 19. The fraction of sp³-hybridized carbons (Fsp3) is 0.593. The van der Waals surface area contributed by atoms with Gasteiger partial charge in [0.15, 0.2) is 0 Å². The molecule has 41 heavy (non-hydrogen) atoms. The quantitative estimate of drug-likeness (QED) is 0.0742. The first-order valence-electron chi connectivity index (χ1n) is 13.6. The minimum Gasteiger partial charge on any atom is -0.480 e. The van der Waals surface area contributed by atoms with Crippen LogP contribution in [0.4, 0.5) is 0 Å². The third-order valence-electron chi connectivity index (χ3n) is 6.62. The zero-order chi connectivity index (χ0) is 30.9. The van der Waals surface area contributed by atoms with Crippen LogP contribution >= 0.6 is 25.3 Å². The Kier molecular flexibility index (Phi) is 17.1. The maximum Gasteiger partial charge on any atom is 0.326 e. The van der Waals surface area contributed by atoms with Crippen LogP contribution in [0.25, 0.3) is 0 Å². The summed E-state index contributed by atoms with van der Waals surface area (Å²) in [4.78, 5) is 63.4. The number of carbonyl (C=O) groups excluding carboxylic acids is 4. The fourth-order valence-corrected chi connectivity index (χ4v) is 4.38. The summed E-state index contributed by atoms with van der Waals surface area (Å²) in [5.74, 6) is -4.25. The molecular formula is C27H44N6O6S2. The molecule has 0 spiro atoms. The van der Waals surface area contributed by atoms with E-state index in [1.807, 2.05) is 37.3 Å². The molecule has 0 aliphatic heterocycles. The number of unbranched alkanes of at least 4 members (excludes halogenated alkanes) is 1. The van der Waals surface area contributed by atoms with Gasteiger partial charge >= 0.3 is 5.97 Å².